The topological polar surface area (TPSA) is 71.9 Å². The Labute approximate surface area is 220 Å². The van der Waals surface area contributed by atoms with Gasteiger partial charge in [-0.25, -0.2) is 4.98 Å². The van der Waals surface area contributed by atoms with Crippen LogP contribution in [0.2, 0.25) is 10.0 Å². The molecule has 0 radical (unpaired) electrons. The number of piperazine rings is 1. The second kappa shape index (κ2) is 10.7. The van der Waals surface area contributed by atoms with Crippen molar-refractivity contribution in [2.75, 3.05) is 49.5 Å². The molecule has 190 valence electrons. The molecular weight excluding hydrogens is 501 g/mol. The van der Waals surface area contributed by atoms with Crippen LogP contribution < -0.4 is 10.2 Å². The normalized spacial score (nSPS) is 22.1. The predicted molar refractivity (Wildman–Crippen MR) is 141 cm³/mol. The zero-order valence-electron chi connectivity index (χ0n) is 20.1. The maximum Gasteiger partial charge on any atom is 0.219 e. The van der Waals surface area contributed by atoms with E-state index in [1.165, 1.54) is 0 Å². The maximum absolute atomic E-state index is 11.6. The second-order valence-electron chi connectivity index (χ2n) is 9.08. The van der Waals surface area contributed by atoms with Crippen LogP contribution in [0.25, 0.3) is 0 Å². The highest BCUT2D eigenvalue weighted by molar-refractivity contribution is 6.35. The molecule has 1 N–H and O–H groups in total. The average molecular weight is 530 g/mol. The minimum Gasteiger partial charge on any atom is -0.382 e. The number of nitrogens with zero attached hydrogens (tertiary/aromatic N) is 4. The SMILES string of the molecule is CC(=O)N1CCN(c2ccc(NCC3COC(Cn4ccnc4)(c4ccc(Cl)cc4Cl)O3)cc2)CC1. The van der Waals surface area contributed by atoms with Crippen LogP contribution in [0.15, 0.2) is 61.2 Å². The fraction of sp³-hybridized carbons (Fsp3) is 0.385. The molecule has 0 spiro atoms. The summed E-state index contributed by atoms with van der Waals surface area (Å²) in [7, 11) is 0. The molecule has 3 heterocycles. The third-order valence-corrected chi connectivity index (χ3v) is 7.19. The number of hydrogen-bond acceptors (Lipinski definition) is 6. The van der Waals surface area contributed by atoms with E-state index in [1.54, 1.807) is 31.6 Å². The van der Waals surface area contributed by atoms with E-state index < -0.39 is 5.79 Å². The minimum absolute atomic E-state index is 0.139. The molecule has 1 aromatic heterocycles. The van der Waals surface area contributed by atoms with E-state index in [4.69, 9.17) is 32.7 Å². The van der Waals surface area contributed by atoms with Crippen LogP contribution in [0, 0.1) is 0 Å². The molecule has 0 bridgehead atoms. The summed E-state index contributed by atoms with van der Waals surface area (Å²) in [6.45, 7) is 6.22. The second-order valence-corrected chi connectivity index (χ2v) is 9.93. The van der Waals surface area contributed by atoms with Crippen molar-refractivity contribution in [3.63, 3.8) is 0 Å². The quantitative estimate of drug-likeness (QED) is 0.493. The summed E-state index contributed by atoms with van der Waals surface area (Å²) in [6, 6.07) is 13.7. The molecule has 2 unspecified atom stereocenters. The van der Waals surface area contributed by atoms with Gasteiger partial charge in [0.15, 0.2) is 0 Å². The predicted octanol–water partition coefficient (Wildman–Crippen LogP) is 4.24. The zero-order chi connectivity index (χ0) is 25.1. The van der Waals surface area contributed by atoms with Gasteiger partial charge in [-0.15, -0.1) is 0 Å². The lowest BCUT2D eigenvalue weighted by molar-refractivity contribution is -0.185. The van der Waals surface area contributed by atoms with Gasteiger partial charge in [-0.05, 0) is 36.4 Å². The van der Waals surface area contributed by atoms with Crippen molar-refractivity contribution in [1.29, 1.82) is 0 Å². The summed E-state index contributed by atoms with van der Waals surface area (Å²) in [6.07, 6.45) is 5.13. The highest BCUT2D eigenvalue weighted by Gasteiger charge is 2.45. The number of anilines is 2. The fourth-order valence-electron chi connectivity index (χ4n) is 4.70. The van der Waals surface area contributed by atoms with Gasteiger partial charge in [0.05, 0.1) is 24.5 Å². The summed E-state index contributed by atoms with van der Waals surface area (Å²) in [5.74, 6) is -0.902. The zero-order valence-corrected chi connectivity index (χ0v) is 21.6. The monoisotopic (exact) mass is 529 g/mol. The summed E-state index contributed by atoms with van der Waals surface area (Å²) in [5, 5.41) is 4.51. The van der Waals surface area contributed by atoms with Gasteiger partial charge in [-0.2, -0.15) is 0 Å². The summed E-state index contributed by atoms with van der Waals surface area (Å²) in [4.78, 5) is 19.9. The van der Waals surface area contributed by atoms with E-state index in [-0.39, 0.29) is 12.0 Å². The van der Waals surface area contributed by atoms with E-state index in [9.17, 15) is 4.79 Å². The summed E-state index contributed by atoms with van der Waals surface area (Å²) in [5.41, 5.74) is 2.89. The third-order valence-electron chi connectivity index (χ3n) is 6.64. The van der Waals surface area contributed by atoms with Gasteiger partial charge in [-0.3, -0.25) is 4.79 Å². The summed E-state index contributed by atoms with van der Waals surface area (Å²) >= 11 is 12.7. The Morgan fingerprint density at radius 3 is 2.58 bits per heavy atom. The van der Waals surface area contributed by atoms with Crippen LogP contribution in [-0.4, -0.2) is 65.8 Å². The molecular formula is C26H29Cl2N5O3. The number of hydrogen-bond donors (Lipinski definition) is 1. The number of carbonyl (C=O) groups excluding carboxylic acids is 1. The van der Waals surface area contributed by atoms with E-state index in [2.05, 4.69) is 39.5 Å². The van der Waals surface area contributed by atoms with Crippen LogP contribution in [0.4, 0.5) is 11.4 Å². The number of carbonyl (C=O) groups is 1. The molecule has 10 heteroatoms. The number of halogens is 2. The molecule has 1 amide bonds. The minimum atomic E-state index is -1.04. The number of nitrogens with one attached hydrogen (secondary N) is 1. The van der Waals surface area contributed by atoms with Crippen LogP contribution in [0.1, 0.15) is 12.5 Å². The lowest BCUT2D eigenvalue weighted by Crippen LogP contribution is -2.48. The maximum atomic E-state index is 11.6. The lowest BCUT2D eigenvalue weighted by atomic mass is 10.1. The van der Waals surface area contributed by atoms with Crippen LogP contribution in [0.3, 0.4) is 0 Å². The smallest absolute Gasteiger partial charge is 0.219 e. The Morgan fingerprint density at radius 2 is 1.92 bits per heavy atom. The van der Waals surface area contributed by atoms with Crippen molar-refractivity contribution in [3.8, 4) is 0 Å². The van der Waals surface area contributed by atoms with Crippen molar-refractivity contribution >= 4 is 40.5 Å². The van der Waals surface area contributed by atoms with E-state index in [0.29, 0.717) is 29.7 Å². The Balaban J connectivity index is 1.22. The molecule has 0 saturated carbocycles. The highest BCUT2D eigenvalue weighted by atomic mass is 35.5. The Bertz CT molecular complexity index is 1180. The molecule has 2 atom stereocenters. The van der Waals surface area contributed by atoms with Gasteiger partial charge in [0, 0.05) is 74.0 Å². The summed E-state index contributed by atoms with van der Waals surface area (Å²) < 4.78 is 14.7. The van der Waals surface area contributed by atoms with Crippen molar-refractivity contribution in [2.24, 2.45) is 0 Å². The van der Waals surface area contributed by atoms with Crippen molar-refractivity contribution in [2.45, 2.75) is 25.4 Å². The van der Waals surface area contributed by atoms with Crippen LogP contribution in [0.5, 0.6) is 0 Å². The van der Waals surface area contributed by atoms with E-state index >= 15 is 0 Å². The molecule has 2 aliphatic heterocycles. The molecule has 5 rings (SSSR count). The average Bonchev–Trinajstić information content (AvgIpc) is 3.54. The number of aromatic nitrogens is 2. The van der Waals surface area contributed by atoms with Gasteiger partial charge in [0.2, 0.25) is 11.7 Å². The third kappa shape index (κ3) is 5.47. The Morgan fingerprint density at radius 1 is 1.14 bits per heavy atom. The first-order valence-electron chi connectivity index (χ1n) is 12.0. The number of ether oxygens (including phenoxy) is 2. The first-order valence-corrected chi connectivity index (χ1v) is 12.7. The van der Waals surface area contributed by atoms with E-state index in [1.807, 2.05) is 21.7 Å². The molecule has 0 aliphatic carbocycles. The fourth-order valence-corrected chi connectivity index (χ4v) is 5.25. The number of rotatable bonds is 7. The Hall–Kier alpha value is -2.78. The first kappa shape index (κ1) is 24.9. The molecule has 2 aliphatic rings. The van der Waals surface area contributed by atoms with Gasteiger partial charge in [0.25, 0.3) is 0 Å². The lowest BCUT2D eigenvalue weighted by Gasteiger charge is -2.35. The van der Waals surface area contributed by atoms with Crippen molar-refractivity contribution < 1.29 is 14.3 Å². The van der Waals surface area contributed by atoms with Crippen LogP contribution >= 0.6 is 23.2 Å². The van der Waals surface area contributed by atoms with Crippen LogP contribution in [-0.2, 0) is 26.6 Å². The van der Waals surface area contributed by atoms with Crippen molar-refractivity contribution in [3.05, 3.63) is 76.8 Å². The van der Waals surface area contributed by atoms with Crippen molar-refractivity contribution in [1.82, 2.24) is 14.5 Å². The Kier molecular flexibility index (Phi) is 7.39. The van der Waals surface area contributed by atoms with E-state index in [0.717, 1.165) is 43.1 Å². The van der Waals surface area contributed by atoms with Gasteiger partial charge in [-0.1, -0.05) is 29.3 Å². The molecule has 2 saturated heterocycles. The molecule has 3 aromatic rings. The molecule has 36 heavy (non-hydrogen) atoms. The van der Waals surface area contributed by atoms with Gasteiger partial charge < -0.3 is 29.2 Å². The largest absolute Gasteiger partial charge is 0.382 e. The first-order chi connectivity index (χ1) is 17.4. The van der Waals surface area contributed by atoms with Gasteiger partial charge in [0.1, 0.15) is 6.10 Å². The number of benzene rings is 2. The number of amides is 1. The standard InChI is InChI=1S/C26H29Cl2N5O3/c1-19(34)32-10-12-33(13-11-32)22-5-3-21(4-6-22)30-15-23-16-35-26(36-23,17-31-9-8-29-18-31)24-7-2-20(27)14-25(24)28/h2-9,14,18,23,30H,10-13,15-17H2,1H3. The molecule has 2 fully saturated rings. The molecule has 8 nitrogen and oxygen atoms in total. The number of imidazole rings is 1. The highest BCUT2D eigenvalue weighted by Crippen LogP contribution is 2.40. The van der Waals surface area contributed by atoms with Gasteiger partial charge >= 0.3 is 0 Å². The molecule has 2 aromatic carbocycles.